The van der Waals surface area contributed by atoms with E-state index in [4.69, 9.17) is 0 Å². The van der Waals surface area contributed by atoms with Crippen molar-refractivity contribution in [1.29, 1.82) is 0 Å². The molecule has 1 fully saturated rings. The molecule has 3 amide bonds. The highest BCUT2D eigenvalue weighted by Gasteiger charge is 2.40. The number of ether oxygens (including phenoxy) is 1. The fourth-order valence-corrected chi connectivity index (χ4v) is 4.31. The highest BCUT2D eigenvalue weighted by molar-refractivity contribution is 8.01. The number of nitrogens with one attached hydrogen (secondary N) is 1. The zero-order chi connectivity index (χ0) is 23.1. The Morgan fingerprint density at radius 2 is 1.78 bits per heavy atom. The number of carbonyl (C=O) groups is 4. The molecule has 1 heterocycles. The van der Waals surface area contributed by atoms with Crippen molar-refractivity contribution in [2.45, 2.75) is 37.9 Å². The normalized spacial score (nSPS) is 15.7. The van der Waals surface area contributed by atoms with Gasteiger partial charge in [-0.3, -0.25) is 14.4 Å². The Bertz CT molecular complexity index is 988. The van der Waals surface area contributed by atoms with Crippen LogP contribution in [0.3, 0.4) is 0 Å². The minimum Gasteiger partial charge on any atom is -0.465 e. The number of hydrogen-bond acceptors (Lipinski definition) is 6. The van der Waals surface area contributed by atoms with Crippen molar-refractivity contribution in [3.8, 4) is 0 Å². The Hall–Kier alpha value is -3.13. The average molecular weight is 455 g/mol. The first-order valence-electron chi connectivity index (χ1n) is 10.5. The van der Waals surface area contributed by atoms with Gasteiger partial charge >= 0.3 is 5.97 Å². The monoisotopic (exact) mass is 454 g/mol. The molecule has 2 aromatic carbocycles. The van der Waals surface area contributed by atoms with E-state index in [9.17, 15) is 19.2 Å². The van der Waals surface area contributed by atoms with Crippen LogP contribution in [0, 0.1) is 0 Å². The zero-order valence-corrected chi connectivity index (χ0v) is 18.9. The molecule has 1 saturated heterocycles. The first-order chi connectivity index (χ1) is 15.4. The molecule has 2 aromatic rings. The van der Waals surface area contributed by atoms with Crippen LogP contribution >= 0.6 is 11.8 Å². The lowest BCUT2D eigenvalue weighted by Gasteiger charge is -2.15. The van der Waals surface area contributed by atoms with Crippen molar-refractivity contribution in [2.75, 3.05) is 23.1 Å². The van der Waals surface area contributed by atoms with E-state index >= 15 is 0 Å². The fourth-order valence-electron chi connectivity index (χ4n) is 3.38. The molecule has 7 nitrogen and oxygen atoms in total. The van der Waals surface area contributed by atoms with Gasteiger partial charge in [-0.05, 0) is 54.8 Å². The molecule has 0 radical (unpaired) electrons. The molecule has 0 aromatic heterocycles. The Labute approximate surface area is 191 Å². The summed E-state index contributed by atoms with van der Waals surface area (Å²) in [5, 5.41) is 2.21. The summed E-state index contributed by atoms with van der Waals surface area (Å²) in [7, 11) is 1.28. The van der Waals surface area contributed by atoms with Crippen molar-refractivity contribution < 1.29 is 23.9 Å². The molecule has 0 spiro atoms. The molecule has 0 aliphatic carbocycles. The number of unbranched alkanes of at least 4 members (excludes halogenated alkanes) is 1. The zero-order valence-electron chi connectivity index (χ0n) is 18.1. The lowest BCUT2D eigenvalue weighted by molar-refractivity contribution is -0.121. The number of rotatable bonds is 9. The van der Waals surface area contributed by atoms with Crippen molar-refractivity contribution in [1.82, 2.24) is 0 Å². The van der Waals surface area contributed by atoms with Gasteiger partial charge in [0.1, 0.15) is 0 Å². The maximum Gasteiger partial charge on any atom is 0.337 e. The second-order valence-corrected chi connectivity index (χ2v) is 8.65. The Morgan fingerprint density at radius 1 is 1.09 bits per heavy atom. The van der Waals surface area contributed by atoms with Crippen LogP contribution in [0.2, 0.25) is 0 Å². The van der Waals surface area contributed by atoms with Gasteiger partial charge in [0.15, 0.2) is 0 Å². The van der Waals surface area contributed by atoms with Crippen LogP contribution in [0.1, 0.15) is 42.1 Å². The van der Waals surface area contributed by atoms with E-state index in [1.807, 2.05) is 24.3 Å². The van der Waals surface area contributed by atoms with Crippen LogP contribution in [0.25, 0.3) is 0 Å². The first kappa shape index (κ1) is 23.5. The molecule has 8 heteroatoms. The standard InChI is InChI=1S/C24H26N2O5S/c1-3-4-5-16-6-10-18(11-7-16)25-21(27)15-32-20-14-22(28)26(23(20)29)19-12-8-17(9-13-19)24(30)31-2/h6-13,20H,3-5,14-15H2,1-2H3,(H,25,27). The van der Waals surface area contributed by atoms with Gasteiger partial charge in [-0.15, -0.1) is 11.8 Å². The Balaban J connectivity index is 1.53. The summed E-state index contributed by atoms with van der Waals surface area (Å²) < 4.78 is 4.65. The molecular formula is C24H26N2O5S. The summed E-state index contributed by atoms with van der Waals surface area (Å²) in [6.07, 6.45) is 3.30. The lowest BCUT2D eigenvalue weighted by atomic mass is 10.1. The second-order valence-electron chi connectivity index (χ2n) is 7.46. The van der Waals surface area contributed by atoms with Crippen LogP contribution < -0.4 is 10.2 Å². The quantitative estimate of drug-likeness (QED) is 0.457. The fraction of sp³-hybridized carbons (Fsp3) is 0.333. The van der Waals surface area contributed by atoms with Crippen LogP contribution in [-0.2, 0) is 25.5 Å². The smallest absolute Gasteiger partial charge is 0.337 e. The molecule has 1 N–H and O–H groups in total. The van der Waals surface area contributed by atoms with E-state index in [1.165, 1.54) is 36.9 Å². The van der Waals surface area contributed by atoms with E-state index in [2.05, 4.69) is 17.0 Å². The second kappa shape index (κ2) is 10.9. The third-order valence-corrected chi connectivity index (χ3v) is 6.32. The van der Waals surface area contributed by atoms with Crippen LogP contribution in [0.4, 0.5) is 11.4 Å². The molecule has 0 saturated carbocycles. The number of methoxy groups -OCH3 is 1. The molecule has 3 rings (SSSR count). The van der Waals surface area contributed by atoms with Crippen molar-refractivity contribution in [3.05, 3.63) is 59.7 Å². The lowest BCUT2D eigenvalue weighted by Crippen LogP contribution is -2.31. The van der Waals surface area contributed by atoms with Gasteiger partial charge < -0.3 is 10.1 Å². The van der Waals surface area contributed by atoms with Gasteiger partial charge in [0, 0.05) is 12.1 Å². The van der Waals surface area contributed by atoms with Gasteiger partial charge in [0.05, 0.1) is 29.4 Å². The summed E-state index contributed by atoms with van der Waals surface area (Å²) >= 11 is 1.15. The SMILES string of the molecule is CCCCc1ccc(NC(=O)CSC2CC(=O)N(c3ccc(C(=O)OC)cc3)C2=O)cc1. The number of esters is 1. The third-order valence-electron chi connectivity index (χ3n) is 5.12. The predicted octanol–water partition coefficient (Wildman–Crippen LogP) is 3.82. The van der Waals surface area contributed by atoms with Crippen LogP contribution in [0.15, 0.2) is 48.5 Å². The summed E-state index contributed by atoms with van der Waals surface area (Å²) in [4.78, 5) is 50.1. The van der Waals surface area contributed by atoms with E-state index in [0.29, 0.717) is 16.9 Å². The number of imide groups is 1. The highest BCUT2D eigenvalue weighted by atomic mass is 32.2. The highest BCUT2D eigenvalue weighted by Crippen LogP contribution is 2.30. The molecule has 168 valence electrons. The van der Waals surface area contributed by atoms with Gasteiger partial charge in [0.2, 0.25) is 17.7 Å². The number of nitrogens with zero attached hydrogens (tertiary/aromatic N) is 1. The maximum atomic E-state index is 12.7. The molecule has 1 atom stereocenters. The van der Waals surface area contributed by atoms with Gasteiger partial charge in [-0.2, -0.15) is 0 Å². The summed E-state index contributed by atoms with van der Waals surface area (Å²) in [5.74, 6) is -1.35. The summed E-state index contributed by atoms with van der Waals surface area (Å²) in [6, 6.07) is 13.8. The topological polar surface area (TPSA) is 92.8 Å². The largest absolute Gasteiger partial charge is 0.465 e. The number of anilines is 2. The Kier molecular flexibility index (Phi) is 8.05. The molecule has 1 unspecified atom stereocenters. The predicted molar refractivity (Wildman–Crippen MR) is 125 cm³/mol. The summed E-state index contributed by atoms with van der Waals surface area (Å²) in [6.45, 7) is 2.15. The molecule has 1 aliphatic rings. The average Bonchev–Trinajstić information content (AvgIpc) is 3.09. The van der Waals surface area contributed by atoms with Crippen molar-refractivity contribution in [2.24, 2.45) is 0 Å². The molecule has 1 aliphatic heterocycles. The molecule has 32 heavy (non-hydrogen) atoms. The van der Waals surface area contributed by atoms with Crippen molar-refractivity contribution >= 4 is 46.8 Å². The maximum absolute atomic E-state index is 12.7. The molecule has 0 bridgehead atoms. The van der Waals surface area contributed by atoms with Crippen LogP contribution in [0.5, 0.6) is 0 Å². The van der Waals surface area contributed by atoms with Crippen molar-refractivity contribution in [3.63, 3.8) is 0 Å². The number of benzene rings is 2. The number of amides is 3. The molecular weight excluding hydrogens is 428 g/mol. The van der Waals surface area contributed by atoms with E-state index < -0.39 is 11.2 Å². The number of carbonyl (C=O) groups excluding carboxylic acids is 4. The minimum absolute atomic E-state index is 0.0294. The summed E-state index contributed by atoms with van der Waals surface area (Å²) in [5.41, 5.74) is 2.66. The van der Waals surface area contributed by atoms with Gasteiger partial charge in [-0.1, -0.05) is 25.5 Å². The van der Waals surface area contributed by atoms with E-state index in [-0.39, 0.29) is 29.9 Å². The van der Waals surface area contributed by atoms with Gasteiger partial charge in [0.25, 0.3) is 0 Å². The van der Waals surface area contributed by atoms with Crippen LogP contribution in [-0.4, -0.2) is 41.8 Å². The third kappa shape index (κ3) is 5.76. The Morgan fingerprint density at radius 3 is 2.41 bits per heavy atom. The number of thioether (sulfide) groups is 1. The first-order valence-corrected chi connectivity index (χ1v) is 11.5. The number of hydrogen-bond donors (Lipinski definition) is 1. The van der Waals surface area contributed by atoms with E-state index in [0.717, 1.165) is 35.9 Å². The van der Waals surface area contributed by atoms with E-state index in [1.54, 1.807) is 0 Å². The van der Waals surface area contributed by atoms with Gasteiger partial charge in [-0.25, -0.2) is 9.69 Å². The number of aryl methyl sites for hydroxylation is 1. The minimum atomic E-state index is -0.620.